The zero-order chi connectivity index (χ0) is 30.2. The zero-order valence-electron chi connectivity index (χ0n) is 26.9. The molecule has 0 heterocycles. The van der Waals surface area contributed by atoms with Gasteiger partial charge in [0, 0.05) is 16.2 Å². The summed E-state index contributed by atoms with van der Waals surface area (Å²) in [5, 5.41) is 1.91. The van der Waals surface area contributed by atoms with Gasteiger partial charge in [-0.3, -0.25) is 0 Å². The Bertz CT molecular complexity index is 1380. The summed E-state index contributed by atoms with van der Waals surface area (Å²) in [5.41, 5.74) is 2.20. The molecule has 7 rings (SSSR count). The van der Waals surface area contributed by atoms with Gasteiger partial charge in [-0.05, 0) is 118 Å². The molecule has 1 atom stereocenters. The maximum absolute atomic E-state index is 13.2. The van der Waals surface area contributed by atoms with Crippen LogP contribution in [0.4, 0.5) is 0 Å². The Hall–Kier alpha value is -3.01. The molecule has 4 nitrogen and oxygen atoms in total. The van der Waals surface area contributed by atoms with Crippen molar-refractivity contribution < 1.29 is 19.0 Å². The third-order valence-electron chi connectivity index (χ3n) is 11.0. The van der Waals surface area contributed by atoms with E-state index in [0.717, 1.165) is 46.3 Å². The smallest absolute Gasteiger partial charge is 0.344 e. The second-order valence-corrected chi connectivity index (χ2v) is 14.8. The second-order valence-electron chi connectivity index (χ2n) is 14.8. The molecule has 0 aliphatic heterocycles. The van der Waals surface area contributed by atoms with Crippen molar-refractivity contribution >= 4 is 16.7 Å². The van der Waals surface area contributed by atoms with E-state index in [2.05, 4.69) is 58.9 Å². The third kappa shape index (κ3) is 6.30. The van der Waals surface area contributed by atoms with E-state index in [9.17, 15) is 4.79 Å². The van der Waals surface area contributed by atoms with Gasteiger partial charge in [0.1, 0.15) is 23.7 Å². The molecule has 4 heteroatoms. The Balaban J connectivity index is 1.08. The lowest BCUT2D eigenvalue weighted by atomic mass is 9.46. The first-order valence-corrected chi connectivity index (χ1v) is 16.7. The van der Waals surface area contributed by atoms with Gasteiger partial charge in [-0.15, -0.1) is 0 Å². The van der Waals surface area contributed by atoms with Crippen molar-refractivity contribution in [3.05, 3.63) is 71.8 Å². The Labute approximate surface area is 258 Å². The quantitative estimate of drug-likeness (QED) is 0.199. The number of hydrogen-bond donors (Lipinski definition) is 0. The fraction of sp³-hybridized carbons (Fsp3) is 0.564. The molecule has 0 spiro atoms. The Morgan fingerprint density at radius 2 is 1.40 bits per heavy atom. The highest BCUT2D eigenvalue weighted by atomic mass is 16.6. The number of esters is 1. The van der Waals surface area contributed by atoms with Gasteiger partial charge in [-0.2, -0.15) is 0 Å². The van der Waals surface area contributed by atoms with Gasteiger partial charge in [0.15, 0.2) is 6.61 Å². The number of carbonyl (C=O) groups is 1. The van der Waals surface area contributed by atoms with Gasteiger partial charge >= 0.3 is 5.97 Å². The van der Waals surface area contributed by atoms with Crippen LogP contribution in [0, 0.1) is 29.1 Å². The molecule has 1 unspecified atom stereocenters. The molecule has 3 aromatic rings. The van der Waals surface area contributed by atoms with Crippen molar-refractivity contribution in [1.82, 2.24) is 0 Å². The van der Waals surface area contributed by atoms with E-state index < -0.39 is 5.60 Å². The molecule has 4 fully saturated rings. The highest BCUT2D eigenvalue weighted by Crippen LogP contribution is 2.64. The lowest BCUT2D eigenvalue weighted by molar-refractivity contribution is -0.200. The number of ether oxygens (including phenoxy) is 3. The molecule has 0 saturated heterocycles. The minimum Gasteiger partial charge on any atom is -0.488 e. The van der Waals surface area contributed by atoms with E-state index in [-0.39, 0.29) is 18.0 Å². The van der Waals surface area contributed by atoms with Gasteiger partial charge in [0.25, 0.3) is 0 Å². The van der Waals surface area contributed by atoms with E-state index in [4.69, 9.17) is 14.2 Å². The lowest BCUT2D eigenvalue weighted by Gasteiger charge is -2.61. The maximum atomic E-state index is 13.2. The van der Waals surface area contributed by atoms with Crippen LogP contribution in [0.1, 0.15) is 103 Å². The molecule has 43 heavy (non-hydrogen) atoms. The fourth-order valence-electron chi connectivity index (χ4n) is 9.07. The number of benzene rings is 3. The van der Waals surface area contributed by atoms with Gasteiger partial charge in [0.2, 0.25) is 0 Å². The first-order valence-electron chi connectivity index (χ1n) is 16.7. The highest BCUT2D eigenvalue weighted by Gasteiger charge is 2.58. The molecule has 4 saturated carbocycles. The number of carbonyl (C=O) groups excluding carboxylic acids is 1. The predicted octanol–water partition coefficient (Wildman–Crippen LogP) is 9.88. The van der Waals surface area contributed by atoms with E-state index >= 15 is 0 Å². The SMILES string of the molecule is CCC(CC(C)C)c1ccc(COc2cccc3c(OCC(=O)OC(C)(C)C45CC6CC(CC(C6)C4)C5)cccc23)cc1. The molecular formula is C39H50O4. The van der Waals surface area contributed by atoms with Gasteiger partial charge in [-0.1, -0.05) is 69.3 Å². The maximum Gasteiger partial charge on any atom is 0.344 e. The number of rotatable bonds is 12. The van der Waals surface area contributed by atoms with Crippen LogP contribution < -0.4 is 9.47 Å². The molecule has 230 valence electrons. The Morgan fingerprint density at radius 1 is 0.837 bits per heavy atom. The summed E-state index contributed by atoms with van der Waals surface area (Å²) in [6.07, 6.45) is 10.1. The van der Waals surface area contributed by atoms with Crippen LogP contribution in [0.3, 0.4) is 0 Å². The van der Waals surface area contributed by atoms with Crippen LogP contribution in [-0.2, 0) is 16.1 Å². The molecule has 4 aliphatic rings. The van der Waals surface area contributed by atoms with Crippen molar-refractivity contribution in [3.63, 3.8) is 0 Å². The summed E-state index contributed by atoms with van der Waals surface area (Å²) in [7, 11) is 0. The van der Waals surface area contributed by atoms with Crippen LogP contribution in [0.15, 0.2) is 60.7 Å². The van der Waals surface area contributed by atoms with Gasteiger partial charge in [-0.25, -0.2) is 4.79 Å². The third-order valence-corrected chi connectivity index (χ3v) is 11.0. The predicted molar refractivity (Wildman–Crippen MR) is 173 cm³/mol. The van der Waals surface area contributed by atoms with Gasteiger partial charge in [0.05, 0.1) is 0 Å². The molecule has 0 radical (unpaired) electrons. The normalized spacial score (nSPS) is 25.2. The summed E-state index contributed by atoms with van der Waals surface area (Å²) in [6, 6.07) is 20.8. The minimum absolute atomic E-state index is 0.0953. The van der Waals surface area contributed by atoms with Crippen molar-refractivity contribution in [2.75, 3.05) is 6.61 Å². The van der Waals surface area contributed by atoms with E-state index in [1.54, 1.807) is 0 Å². The van der Waals surface area contributed by atoms with E-state index in [0.29, 0.717) is 24.2 Å². The second kappa shape index (κ2) is 12.2. The lowest BCUT2D eigenvalue weighted by Crippen LogP contribution is -2.57. The summed E-state index contributed by atoms with van der Waals surface area (Å²) in [5.74, 6) is 4.94. The summed E-state index contributed by atoms with van der Waals surface area (Å²) < 4.78 is 18.6. The average molecular weight is 583 g/mol. The number of fused-ring (bicyclic) bond motifs is 1. The Morgan fingerprint density at radius 3 is 1.93 bits per heavy atom. The molecule has 3 aromatic carbocycles. The molecule has 0 amide bonds. The van der Waals surface area contributed by atoms with Crippen molar-refractivity contribution in [2.45, 2.75) is 104 Å². The van der Waals surface area contributed by atoms with Crippen molar-refractivity contribution in [1.29, 1.82) is 0 Å². The van der Waals surface area contributed by atoms with Crippen LogP contribution in [0.2, 0.25) is 0 Å². The first-order chi connectivity index (χ1) is 20.6. The summed E-state index contributed by atoms with van der Waals surface area (Å²) in [4.78, 5) is 13.2. The standard InChI is InChI=1S/C39H50O4/c1-6-31(17-26(2)3)32-15-13-27(14-16-32)24-41-35-11-7-10-34-33(35)9-8-12-36(34)42-25-37(40)43-38(4,5)39-21-28-18-29(22-39)20-30(19-28)23-39/h7-16,26,28-31H,6,17-25H2,1-5H3. The largest absolute Gasteiger partial charge is 0.488 e. The minimum atomic E-state index is -0.479. The zero-order valence-corrected chi connectivity index (χ0v) is 26.9. The summed E-state index contributed by atoms with van der Waals surface area (Å²) >= 11 is 0. The van der Waals surface area contributed by atoms with Crippen LogP contribution in [0.5, 0.6) is 11.5 Å². The van der Waals surface area contributed by atoms with Gasteiger partial charge < -0.3 is 14.2 Å². The van der Waals surface area contributed by atoms with Crippen LogP contribution in [-0.4, -0.2) is 18.2 Å². The molecular weight excluding hydrogens is 532 g/mol. The van der Waals surface area contributed by atoms with Crippen LogP contribution >= 0.6 is 0 Å². The number of hydrogen-bond acceptors (Lipinski definition) is 4. The van der Waals surface area contributed by atoms with Crippen LogP contribution in [0.25, 0.3) is 10.8 Å². The fourth-order valence-corrected chi connectivity index (χ4v) is 9.07. The topological polar surface area (TPSA) is 44.8 Å². The molecule has 4 aliphatic carbocycles. The molecule has 0 aromatic heterocycles. The summed E-state index contributed by atoms with van der Waals surface area (Å²) in [6.45, 7) is 11.5. The highest BCUT2D eigenvalue weighted by molar-refractivity contribution is 5.93. The first kappa shape index (κ1) is 30.0. The Kier molecular flexibility index (Phi) is 8.50. The van der Waals surface area contributed by atoms with E-state index in [1.807, 2.05) is 36.4 Å². The van der Waals surface area contributed by atoms with Crippen molar-refractivity contribution in [2.24, 2.45) is 29.1 Å². The monoisotopic (exact) mass is 582 g/mol. The van der Waals surface area contributed by atoms with E-state index in [1.165, 1.54) is 50.5 Å². The molecule has 0 N–H and O–H groups in total. The van der Waals surface area contributed by atoms with Crippen molar-refractivity contribution in [3.8, 4) is 11.5 Å². The average Bonchev–Trinajstić information content (AvgIpc) is 2.97. The molecule has 4 bridgehead atoms.